The molecule has 0 spiro atoms. The second-order valence-electron chi connectivity index (χ2n) is 7.59. The molecule has 7 heteroatoms. The predicted octanol–water partition coefficient (Wildman–Crippen LogP) is 4.77. The predicted molar refractivity (Wildman–Crippen MR) is 130 cm³/mol. The van der Waals surface area contributed by atoms with Crippen molar-refractivity contribution >= 4 is 28.2 Å². The summed E-state index contributed by atoms with van der Waals surface area (Å²) in [4.78, 5) is 17.7. The number of hydrogen-bond acceptors (Lipinski definition) is 4. The molecule has 2 aromatic carbocycles. The summed E-state index contributed by atoms with van der Waals surface area (Å²) in [5, 5.41) is 4.83. The maximum Gasteiger partial charge on any atom is 0.253 e. The Balaban J connectivity index is 1.61. The van der Waals surface area contributed by atoms with Crippen molar-refractivity contribution in [3.8, 4) is 5.75 Å². The molecule has 4 rings (SSSR count). The Morgan fingerprint density at radius 1 is 1.12 bits per heavy atom. The van der Waals surface area contributed by atoms with Crippen molar-refractivity contribution in [3.63, 3.8) is 0 Å². The summed E-state index contributed by atoms with van der Waals surface area (Å²) < 4.78 is 10.9. The van der Waals surface area contributed by atoms with Crippen molar-refractivity contribution in [1.82, 2.24) is 15.2 Å². The first-order valence-corrected chi connectivity index (χ1v) is 10.8. The van der Waals surface area contributed by atoms with Crippen molar-refractivity contribution in [2.45, 2.75) is 26.1 Å². The van der Waals surface area contributed by atoms with E-state index in [9.17, 15) is 4.79 Å². The first-order valence-electron chi connectivity index (χ1n) is 10.4. The monoisotopic (exact) mass is 447 g/mol. The lowest BCUT2D eigenvalue weighted by atomic mass is 10.1. The van der Waals surface area contributed by atoms with Gasteiger partial charge in [-0.25, -0.2) is 0 Å². The Hall–Kier alpha value is -3.58. The molecule has 2 heterocycles. The van der Waals surface area contributed by atoms with Crippen LogP contribution in [0.15, 0.2) is 82.2 Å². The van der Waals surface area contributed by atoms with E-state index >= 15 is 0 Å². The quantitative estimate of drug-likeness (QED) is 0.398. The average Bonchev–Trinajstić information content (AvgIpc) is 3.32. The highest BCUT2D eigenvalue weighted by Gasteiger charge is 2.17. The van der Waals surface area contributed by atoms with Crippen molar-refractivity contribution in [3.05, 3.63) is 100 Å². The van der Waals surface area contributed by atoms with Gasteiger partial charge in [-0.15, -0.1) is 0 Å². The molecule has 0 fully saturated rings. The van der Waals surface area contributed by atoms with E-state index in [2.05, 4.69) is 29.4 Å². The number of fused-ring (bicyclic) bond motifs is 1. The summed E-state index contributed by atoms with van der Waals surface area (Å²) in [5.74, 6) is 1.50. The first kappa shape index (κ1) is 21.6. The molecular formula is C25H25N3O3S. The number of ether oxygens (including phenoxy) is 1. The molecule has 6 nitrogen and oxygen atoms in total. The summed E-state index contributed by atoms with van der Waals surface area (Å²) in [6.07, 6.45) is 1.63. The zero-order valence-electron chi connectivity index (χ0n) is 18.0. The fraction of sp³-hybridized carbons (Fsp3) is 0.200. The molecule has 2 N–H and O–H groups in total. The van der Waals surface area contributed by atoms with Gasteiger partial charge in [0.25, 0.3) is 5.56 Å². The number of methoxy groups -OCH3 is 1. The molecule has 0 aliphatic heterocycles. The van der Waals surface area contributed by atoms with Gasteiger partial charge in [-0.1, -0.05) is 30.3 Å². The number of hydrogen-bond donors (Lipinski definition) is 2. The van der Waals surface area contributed by atoms with Crippen LogP contribution in [0.1, 0.15) is 29.9 Å². The van der Waals surface area contributed by atoms with Crippen LogP contribution in [0.3, 0.4) is 0 Å². The minimum absolute atomic E-state index is 0.0157. The molecular weight excluding hydrogens is 422 g/mol. The number of nitrogens with one attached hydrogen (secondary N) is 2. The van der Waals surface area contributed by atoms with E-state index in [-0.39, 0.29) is 11.6 Å². The summed E-state index contributed by atoms with van der Waals surface area (Å²) in [6.45, 7) is 2.83. The number of H-pyrrole nitrogens is 1. The molecule has 0 aliphatic rings. The second kappa shape index (κ2) is 9.70. The normalized spacial score (nSPS) is 11.8. The fourth-order valence-electron chi connectivity index (χ4n) is 3.57. The van der Waals surface area contributed by atoms with Gasteiger partial charge in [-0.3, -0.25) is 4.79 Å². The summed E-state index contributed by atoms with van der Waals surface area (Å²) >= 11 is 5.74. The third kappa shape index (κ3) is 5.00. The lowest BCUT2D eigenvalue weighted by molar-refractivity contribution is 0.347. The summed E-state index contributed by atoms with van der Waals surface area (Å²) in [7, 11) is 1.62. The van der Waals surface area contributed by atoms with Crippen molar-refractivity contribution in [2.75, 3.05) is 7.11 Å². The third-order valence-electron chi connectivity index (χ3n) is 5.34. The van der Waals surface area contributed by atoms with Crippen LogP contribution < -0.4 is 15.6 Å². The van der Waals surface area contributed by atoms with E-state index in [0.717, 1.165) is 28.0 Å². The van der Waals surface area contributed by atoms with Gasteiger partial charge in [0, 0.05) is 16.5 Å². The highest BCUT2D eigenvalue weighted by atomic mass is 32.1. The summed E-state index contributed by atoms with van der Waals surface area (Å²) in [5.41, 5.74) is 2.35. The standard InChI is InChI=1S/C25H25N3O3S/c1-17(18-7-4-3-5-8-18)26-25(32)28(16-22-9-6-12-31-22)15-20-13-19-14-21(30-2)10-11-23(19)27-24(20)29/h3-14,17H,15-16H2,1-2H3,(H,26,32)(H,27,29). The van der Waals surface area contributed by atoms with E-state index in [4.69, 9.17) is 21.4 Å². The maximum atomic E-state index is 12.8. The van der Waals surface area contributed by atoms with Gasteiger partial charge >= 0.3 is 0 Å². The van der Waals surface area contributed by atoms with E-state index in [1.807, 2.05) is 59.5 Å². The SMILES string of the molecule is COc1ccc2[nH]c(=O)c(CN(Cc3ccco3)C(=S)NC(C)c3ccccc3)cc2c1. The van der Waals surface area contributed by atoms with Gasteiger partial charge in [0.2, 0.25) is 0 Å². The van der Waals surface area contributed by atoms with E-state index in [0.29, 0.717) is 23.8 Å². The van der Waals surface area contributed by atoms with Gasteiger partial charge in [0.15, 0.2) is 5.11 Å². The number of benzene rings is 2. The van der Waals surface area contributed by atoms with Crippen LogP contribution in [0.2, 0.25) is 0 Å². The highest BCUT2D eigenvalue weighted by molar-refractivity contribution is 7.80. The van der Waals surface area contributed by atoms with Crippen LogP contribution in [-0.4, -0.2) is 22.1 Å². The number of furan rings is 1. The van der Waals surface area contributed by atoms with Gasteiger partial charge in [0.1, 0.15) is 11.5 Å². The van der Waals surface area contributed by atoms with E-state index in [1.54, 1.807) is 13.4 Å². The molecule has 2 aromatic heterocycles. The number of thiocarbonyl (C=S) groups is 1. The van der Waals surface area contributed by atoms with Gasteiger partial charge in [-0.2, -0.15) is 0 Å². The molecule has 1 atom stereocenters. The maximum absolute atomic E-state index is 12.8. The first-order chi connectivity index (χ1) is 15.5. The Labute approximate surface area is 191 Å². The number of rotatable bonds is 7. The number of aromatic nitrogens is 1. The fourth-order valence-corrected chi connectivity index (χ4v) is 3.88. The van der Waals surface area contributed by atoms with Crippen LogP contribution in [-0.2, 0) is 13.1 Å². The van der Waals surface area contributed by atoms with Gasteiger partial charge < -0.3 is 24.4 Å². The van der Waals surface area contributed by atoms with Crippen molar-refractivity contribution in [1.29, 1.82) is 0 Å². The van der Waals surface area contributed by atoms with Crippen LogP contribution in [0.5, 0.6) is 5.75 Å². The van der Waals surface area contributed by atoms with Gasteiger partial charge in [0.05, 0.1) is 32.5 Å². The van der Waals surface area contributed by atoms with E-state index < -0.39 is 0 Å². The Morgan fingerprint density at radius 2 is 1.94 bits per heavy atom. The molecule has 1 unspecified atom stereocenters. The zero-order chi connectivity index (χ0) is 22.5. The lowest BCUT2D eigenvalue weighted by Gasteiger charge is -2.27. The molecule has 0 saturated heterocycles. The minimum Gasteiger partial charge on any atom is -0.497 e. The third-order valence-corrected chi connectivity index (χ3v) is 5.72. The van der Waals surface area contributed by atoms with E-state index in [1.165, 1.54) is 0 Å². The number of nitrogens with zero attached hydrogens (tertiary/aromatic N) is 1. The topological polar surface area (TPSA) is 70.5 Å². The molecule has 164 valence electrons. The minimum atomic E-state index is -0.147. The molecule has 0 saturated carbocycles. The van der Waals surface area contributed by atoms with Gasteiger partial charge in [-0.05, 0) is 61.1 Å². The van der Waals surface area contributed by atoms with Crippen LogP contribution in [0.25, 0.3) is 10.9 Å². The summed E-state index contributed by atoms with van der Waals surface area (Å²) in [6, 6.07) is 21.3. The largest absolute Gasteiger partial charge is 0.497 e. The second-order valence-corrected chi connectivity index (χ2v) is 7.98. The van der Waals surface area contributed by atoms with Crippen LogP contribution in [0, 0.1) is 0 Å². The Kier molecular flexibility index (Phi) is 6.56. The number of pyridine rings is 1. The van der Waals surface area contributed by atoms with Crippen molar-refractivity contribution < 1.29 is 9.15 Å². The Bertz CT molecular complexity index is 1250. The molecule has 0 aliphatic carbocycles. The smallest absolute Gasteiger partial charge is 0.253 e. The average molecular weight is 448 g/mol. The molecule has 0 bridgehead atoms. The highest BCUT2D eigenvalue weighted by Crippen LogP contribution is 2.20. The Morgan fingerprint density at radius 3 is 2.66 bits per heavy atom. The van der Waals surface area contributed by atoms with Crippen LogP contribution in [0.4, 0.5) is 0 Å². The molecule has 4 aromatic rings. The van der Waals surface area contributed by atoms with Crippen molar-refractivity contribution in [2.24, 2.45) is 0 Å². The van der Waals surface area contributed by atoms with Crippen LogP contribution >= 0.6 is 12.2 Å². The zero-order valence-corrected chi connectivity index (χ0v) is 18.8. The molecule has 0 amide bonds. The number of aromatic amines is 1. The molecule has 32 heavy (non-hydrogen) atoms. The molecule has 0 radical (unpaired) electrons. The lowest BCUT2D eigenvalue weighted by Crippen LogP contribution is -2.41.